The first kappa shape index (κ1) is 30.7. The molecule has 218 valence electrons. The van der Waals surface area contributed by atoms with Crippen LogP contribution in [0.25, 0.3) is 11.1 Å². The first-order chi connectivity index (χ1) is 20.6. The Balaban J connectivity index is 1.31. The van der Waals surface area contributed by atoms with E-state index in [-0.39, 0.29) is 11.7 Å². The predicted octanol–water partition coefficient (Wildman–Crippen LogP) is 6.19. The number of aryl methyl sites for hydroxylation is 1. The lowest BCUT2D eigenvalue weighted by Gasteiger charge is -2.18. The Morgan fingerprint density at radius 1 is 0.810 bits per heavy atom. The molecule has 3 aromatic carbocycles. The number of ketones is 1. The summed E-state index contributed by atoms with van der Waals surface area (Å²) in [5.74, 6) is 0.924. The Labute approximate surface area is 249 Å². The number of carbonyl (C=O) groups is 2. The molecule has 0 aliphatic carbocycles. The fraction of sp³-hybridized carbons (Fsp3) is 0.306. The van der Waals surface area contributed by atoms with Gasteiger partial charge in [-0.05, 0) is 71.6 Å². The minimum atomic E-state index is -0.0561. The lowest BCUT2D eigenvalue weighted by molar-refractivity contribution is -0.118. The number of hydrogen-bond acceptors (Lipinski definition) is 5. The zero-order valence-electron chi connectivity index (χ0n) is 24.7. The molecule has 1 amide bonds. The highest BCUT2D eigenvalue weighted by atomic mass is 16.5. The van der Waals surface area contributed by atoms with Gasteiger partial charge in [-0.1, -0.05) is 74.5 Å². The van der Waals surface area contributed by atoms with Crippen LogP contribution in [-0.2, 0) is 24.1 Å². The van der Waals surface area contributed by atoms with Gasteiger partial charge < -0.3 is 15.0 Å². The van der Waals surface area contributed by atoms with Crippen LogP contribution in [0, 0.1) is 0 Å². The van der Waals surface area contributed by atoms with Crippen molar-refractivity contribution in [2.75, 3.05) is 32.8 Å². The number of ether oxygens (including phenoxy) is 1. The second-order valence-electron chi connectivity index (χ2n) is 10.3. The van der Waals surface area contributed by atoms with Gasteiger partial charge in [-0.3, -0.25) is 14.6 Å². The second-order valence-corrected chi connectivity index (χ2v) is 10.3. The summed E-state index contributed by atoms with van der Waals surface area (Å²) in [6.07, 6.45) is 5.87. The quantitative estimate of drug-likeness (QED) is 0.176. The lowest BCUT2D eigenvalue weighted by atomic mass is 9.94. The summed E-state index contributed by atoms with van der Waals surface area (Å²) in [5, 5.41) is 3.09. The monoisotopic (exact) mass is 563 g/mol. The molecular formula is C36H41N3O3. The number of aromatic nitrogens is 1. The van der Waals surface area contributed by atoms with E-state index in [1.807, 2.05) is 79.0 Å². The van der Waals surface area contributed by atoms with E-state index in [9.17, 15) is 9.59 Å². The molecule has 1 heterocycles. The molecule has 0 spiro atoms. The molecule has 4 rings (SSSR count). The number of pyridine rings is 1. The van der Waals surface area contributed by atoms with Gasteiger partial charge in [0.05, 0.1) is 6.61 Å². The molecule has 4 aromatic rings. The smallest absolute Gasteiger partial charge is 0.251 e. The summed E-state index contributed by atoms with van der Waals surface area (Å²) in [5.41, 5.74) is 5.82. The summed E-state index contributed by atoms with van der Waals surface area (Å²) in [6.45, 7) is 8.14. The van der Waals surface area contributed by atoms with Crippen LogP contribution in [0.2, 0.25) is 0 Å². The maximum atomic E-state index is 13.1. The number of Topliss-reactive ketones (excluding diaryl/α,β-unsaturated/α-hetero) is 1. The first-order valence-electron chi connectivity index (χ1n) is 14.9. The third-order valence-electron chi connectivity index (χ3n) is 7.47. The van der Waals surface area contributed by atoms with Gasteiger partial charge in [0.15, 0.2) is 0 Å². The number of hydrogen-bond donors (Lipinski definition) is 1. The number of carbonyl (C=O) groups excluding carboxylic acids is 2. The van der Waals surface area contributed by atoms with E-state index in [0.717, 1.165) is 53.2 Å². The van der Waals surface area contributed by atoms with Crippen molar-refractivity contribution in [3.63, 3.8) is 0 Å². The Bertz CT molecular complexity index is 1420. The zero-order chi connectivity index (χ0) is 29.6. The standard InChI is InChI=1S/C36H41N3O3/c1-3-39(4-2)24-23-38-36(41)35-14-8-7-13-34(35)33-12-6-5-11-30(33)21-25-42-32-19-16-28(17-20-32)26-31(40)18-15-29-10-9-22-37-27-29/h5-14,16-17,19-20,22,27H,3-4,15,18,21,23-26H2,1-2H3,(H,38,41). The van der Waals surface area contributed by atoms with Gasteiger partial charge in [-0.15, -0.1) is 0 Å². The van der Waals surface area contributed by atoms with Gasteiger partial charge in [-0.25, -0.2) is 0 Å². The van der Waals surface area contributed by atoms with E-state index >= 15 is 0 Å². The molecule has 0 unspecified atom stereocenters. The van der Waals surface area contributed by atoms with Gasteiger partial charge in [0.25, 0.3) is 5.91 Å². The fourth-order valence-electron chi connectivity index (χ4n) is 5.01. The molecule has 0 bridgehead atoms. The van der Waals surface area contributed by atoms with Crippen LogP contribution in [0.1, 0.15) is 47.3 Å². The van der Waals surface area contributed by atoms with Gasteiger partial charge >= 0.3 is 0 Å². The van der Waals surface area contributed by atoms with E-state index in [2.05, 4.69) is 41.2 Å². The van der Waals surface area contributed by atoms with Crippen molar-refractivity contribution >= 4 is 11.7 Å². The maximum absolute atomic E-state index is 13.1. The maximum Gasteiger partial charge on any atom is 0.251 e. The van der Waals surface area contributed by atoms with Crippen LogP contribution in [0.4, 0.5) is 0 Å². The summed E-state index contributed by atoms with van der Waals surface area (Å²) >= 11 is 0. The molecule has 0 atom stereocenters. The minimum Gasteiger partial charge on any atom is -0.493 e. The molecule has 1 N–H and O–H groups in total. The van der Waals surface area contributed by atoms with Crippen LogP contribution in [0.3, 0.4) is 0 Å². The summed E-state index contributed by atoms with van der Waals surface area (Å²) in [4.78, 5) is 32.0. The minimum absolute atomic E-state index is 0.0561. The average molecular weight is 564 g/mol. The van der Waals surface area contributed by atoms with Crippen molar-refractivity contribution in [3.05, 3.63) is 120 Å². The molecular weight excluding hydrogens is 522 g/mol. The van der Waals surface area contributed by atoms with Crippen LogP contribution < -0.4 is 10.1 Å². The Hall–Kier alpha value is -4.29. The molecule has 0 fully saturated rings. The van der Waals surface area contributed by atoms with E-state index < -0.39 is 0 Å². The third kappa shape index (κ3) is 9.11. The Morgan fingerprint density at radius 3 is 2.29 bits per heavy atom. The SMILES string of the molecule is CCN(CC)CCNC(=O)c1ccccc1-c1ccccc1CCOc1ccc(CC(=O)CCc2cccnc2)cc1. The van der Waals surface area contributed by atoms with E-state index in [1.165, 1.54) is 0 Å². The third-order valence-corrected chi connectivity index (χ3v) is 7.47. The van der Waals surface area contributed by atoms with Gasteiger partial charge in [0.2, 0.25) is 0 Å². The van der Waals surface area contributed by atoms with Crippen LogP contribution in [0.5, 0.6) is 5.75 Å². The van der Waals surface area contributed by atoms with Crippen molar-refractivity contribution in [2.45, 2.75) is 39.5 Å². The average Bonchev–Trinajstić information content (AvgIpc) is 3.03. The molecule has 0 radical (unpaired) electrons. The molecule has 6 heteroatoms. The molecule has 0 aliphatic heterocycles. The fourth-order valence-corrected chi connectivity index (χ4v) is 5.01. The number of nitrogens with one attached hydrogen (secondary N) is 1. The highest BCUT2D eigenvalue weighted by Crippen LogP contribution is 2.28. The number of nitrogens with zero attached hydrogens (tertiary/aromatic N) is 2. The number of benzene rings is 3. The molecule has 0 saturated carbocycles. The topological polar surface area (TPSA) is 71.5 Å². The molecule has 0 aliphatic rings. The summed E-state index contributed by atoms with van der Waals surface area (Å²) in [6, 6.07) is 27.6. The van der Waals surface area contributed by atoms with Crippen LogP contribution in [0.15, 0.2) is 97.3 Å². The molecule has 6 nitrogen and oxygen atoms in total. The van der Waals surface area contributed by atoms with Gasteiger partial charge in [0, 0.05) is 50.3 Å². The summed E-state index contributed by atoms with van der Waals surface area (Å²) in [7, 11) is 0. The first-order valence-corrected chi connectivity index (χ1v) is 14.9. The van der Waals surface area contributed by atoms with Gasteiger partial charge in [0.1, 0.15) is 11.5 Å². The number of likely N-dealkylation sites (N-methyl/N-ethyl adjacent to an activating group) is 1. The summed E-state index contributed by atoms with van der Waals surface area (Å²) < 4.78 is 6.06. The predicted molar refractivity (Wildman–Crippen MR) is 169 cm³/mol. The normalized spacial score (nSPS) is 10.9. The lowest BCUT2D eigenvalue weighted by Crippen LogP contribution is -2.35. The number of amides is 1. The van der Waals surface area contributed by atoms with Crippen molar-refractivity contribution < 1.29 is 14.3 Å². The van der Waals surface area contributed by atoms with Crippen LogP contribution in [-0.4, -0.2) is 54.4 Å². The largest absolute Gasteiger partial charge is 0.493 e. The van der Waals surface area contributed by atoms with Crippen molar-refractivity contribution in [3.8, 4) is 16.9 Å². The molecule has 42 heavy (non-hydrogen) atoms. The van der Waals surface area contributed by atoms with E-state index in [0.29, 0.717) is 44.4 Å². The van der Waals surface area contributed by atoms with E-state index in [1.54, 1.807) is 6.20 Å². The zero-order valence-corrected chi connectivity index (χ0v) is 24.7. The van der Waals surface area contributed by atoms with Gasteiger partial charge in [-0.2, -0.15) is 0 Å². The molecule has 1 aromatic heterocycles. The Morgan fingerprint density at radius 2 is 1.55 bits per heavy atom. The van der Waals surface area contributed by atoms with Crippen molar-refractivity contribution in [1.29, 1.82) is 0 Å². The van der Waals surface area contributed by atoms with Crippen molar-refractivity contribution in [1.82, 2.24) is 15.2 Å². The Kier molecular flexibility index (Phi) is 11.8. The number of rotatable bonds is 16. The highest BCUT2D eigenvalue weighted by molar-refractivity contribution is 6.01. The molecule has 0 saturated heterocycles. The van der Waals surface area contributed by atoms with Crippen LogP contribution >= 0.6 is 0 Å². The van der Waals surface area contributed by atoms with E-state index in [4.69, 9.17) is 4.74 Å². The van der Waals surface area contributed by atoms with Crippen molar-refractivity contribution in [2.24, 2.45) is 0 Å². The highest BCUT2D eigenvalue weighted by Gasteiger charge is 2.15. The second kappa shape index (κ2) is 16.2.